The number of carbonyl (C=O) groups excluding carboxylic acids is 1. The molecule has 2 heterocycles. The molecule has 122 valence electrons. The molecule has 1 unspecified atom stereocenters. The van der Waals surface area contributed by atoms with Crippen LogP contribution in [0.15, 0.2) is 18.5 Å². The van der Waals surface area contributed by atoms with Gasteiger partial charge in [-0.25, -0.2) is 0 Å². The molecule has 0 bridgehead atoms. The number of aryl methyl sites for hydroxylation is 1. The lowest BCUT2D eigenvalue weighted by atomic mass is 9.87. The summed E-state index contributed by atoms with van der Waals surface area (Å²) in [6, 6.07) is 2.09. The van der Waals surface area contributed by atoms with Crippen molar-refractivity contribution in [2.75, 3.05) is 27.2 Å². The maximum Gasteiger partial charge on any atom is 0.219 e. The van der Waals surface area contributed by atoms with Crippen molar-refractivity contribution in [3.05, 3.63) is 29.6 Å². The summed E-state index contributed by atoms with van der Waals surface area (Å²) < 4.78 is 5.84. The van der Waals surface area contributed by atoms with Crippen molar-refractivity contribution in [2.24, 2.45) is 0 Å². The molecule has 1 atom stereocenters. The molecule has 5 nitrogen and oxygen atoms in total. The zero-order valence-corrected chi connectivity index (χ0v) is 13.9. The summed E-state index contributed by atoms with van der Waals surface area (Å²) in [4.78, 5) is 18.1. The first kappa shape index (κ1) is 16.9. The van der Waals surface area contributed by atoms with Gasteiger partial charge in [0.05, 0.1) is 5.60 Å². The van der Waals surface area contributed by atoms with Crippen LogP contribution in [-0.2, 0) is 16.1 Å². The minimum atomic E-state index is -0.203. The third kappa shape index (κ3) is 4.27. The Hall–Kier alpha value is -1.46. The zero-order valence-electron chi connectivity index (χ0n) is 13.9. The van der Waals surface area contributed by atoms with Gasteiger partial charge in [-0.05, 0) is 49.9 Å². The number of rotatable bonds is 6. The Morgan fingerprint density at radius 3 is 3.05 bits per heavy atom. The van der Waals surface area contributed by atoms with Gasteiger partial charge in [0.15, 0.2) is 0 Å². The number of methoxy groups -OCH3 is 1. The minimum absolute atomic E-state index is 0.0820. The van der Waals surface area contributed by atoms with Crippen LogP contribution >= 0.6 is 0 Å². The summed E-state index contributed by atoms with van der Waals surface area (Å²) in [6.07, 6.45) is 7.18. The number of nitrogens with zero attached hydrogens (tertiary/aromatic N) is 2. The average Bonchev–Trinajstić information content (AvgIpc) is 2.55. The Morgan fingerprint density at radius 1 is 1.55 bits per heavy atom. The lowest BCUT2D eigenvalue weighted by Gasteiger charge is -2.42. The van der Waals surface area contributed by atoms with E-state index in [2.05, 4.69) is 28.2 Å². The third-order valence-corrected chi connectivity index (χ3v) is 4.67. The van der Waals surface area contributed by atoms with E-state index in [0.29, 0.717) is 6.42 Å². The maximum atomic E-state index is 11.5. The first-order chi connectivity index (χ1) is 10.6. The number of ether oxygens (including phenoxy) is 1. The highest BCUT2D eigenvalue weighted by Gasteiger charge is 2.35. The van der Waals surface area contributed by atoms with Crippen LogP contribution in [0.4, 0.5) is 0 Å². The number of carbonyl (C=O) groups is 1. The SMILES string of the molecule is CNC(=O)CCC1(OC)CCCN(Cc2ccncc2C)C1. The molecule has 0 aromatic carbocycles. The Balaban J connectivity index is 2.00. The van der Waals surface area contributed by atoms with E-state index >= 15 is 0 Å². The van der Waals surface area contributed by atoms with E-state index in [1.54, 1.807) is 14.2 Å². The molecule has 1 amide bonds. The van der Waals surface area contributed by atoms with Crippen LogP contribution in [0.5, 0.6) is 0 Å². The van der Waals surface area contributed by atoms with E-state index in [4.69, 9.17) is 4.74 Å². The van der Waals surface area contributed by atoms with Crippen molar-refractivity contribution in [2.45, 2.75) is 44.8 Å². The summed E-state index contributed by atoms with van der Waals surface area (Å²) in [5.74, 6) is 0.0820. The lowest BCUT2D eigenvalue weighted by Crippen LogP contribution is -2.49. The van der Waals surface area contributed by atoms with Crippen LogP contribution in [0.2, 0.25) is 0 Å². The van der Waals surface area contributed by atoms with Crippen LogP contribution in [0.25, 0.3) is 0 Å². The molecule has 2 rings (SSSR count). The van der Waals surface area contributed by atoms with Gasteiger partial charge < -0.3 is 10.1 Å². The van der Waals surface area contributed by atoms with Gasteiger partial charge in [0.1, 0.15) is 0 Å². The molecule has 0 aliphatic carbocycles. The first-order valence-electron chi connectivity index (χ1n) is 7.96. The van der Waals surface area contributed by atoms with Crippen LogP contribution < -0.4 is 5.32 Å². The highest BCUT2D eigenvalue weighted by atomic mass is 16.5. The van der Waals surface area contributed by atoms with Crippen LogP contribution in [0.1, 0.15) is 36.8 Å². The van der Waals surface area contributed by atoms with E-state index < -0.39 is 0 Å². The standard InChI is InChI=1S/C17H27N3O2/c1-14-11-19-9-6-15(14)12-20-10-4-7-17(13-20,22-3)8-5-16(21)18-2/h6,9,11H,4-5,7-8,10,12-13H2,1-3H3,(H,18,21). The van der Waals surface area contributed by atoms with Gasteiger partial charge in [-0.15, -0.1) is 0 Å². The zero-order chi connectivity index (χ0) is 16.0. The second-order valence-corrected chi connectivity index (χ2v) is 6.18. The van der Waals surface area contributed by atoms with E-state index in [1.807, 2.05) is 12.4 Å². The molecule has 1 fully saturated rings. The maximum absolute atomic E-state index is 11.5. The summed E-state index contributed by atoms with van der Waals surface area (Å²) in [5, 5.41) is 2.69. The van der Waals surface area contributed by atoms with Crippen molar-refractivity contribution in [1.29, 1.82) is 0 Å². The average molecular weight is 305 g/mol. The number of pyridine rings is 1. The van der Waals surface area contributed by atoms with E-state index in [0.717, 1.165) is 38.9 Å². The molecule has 22 heavy (non-hydrogen) atoms. The number of hydrogen-bond acceptors (Lipinski definition) is 4. The molecule has 5 heteroatoms. The molecule has 1 aromatic rings. The largest absolute Gasteiger partial charge is 0.377 e. The molecule has 0 radical (unpaired) electrons. The molecule has 1 aromatic heterocycles. The highest BCUT2D eigenvalue weighted by Crippen LogP contribution is 2.30. The predicted molar refractivity (Wildman–Crippen MR) is 86.5 cm³/mol. The molecular formula is C17H27N3O2. The molecule has 1 saturated heterocycles. The number of hydrogen-bond donors (Lipinski definition) is 1. The van der Waals surface area contributed by atoms with E-state index in [-0.39, 0.29) is 11.5 Å². The number of piperidine rings is 1. The lowest BCUT2D eigenvalue weighted by molar-refractivity contribution is -0.124. The molecule has 0 saturated carbocycles. The third-order valence-electron chi connectivity index (χ3n) is 4.67. The van der Waals surface area contributed by atoms with Gasteiger partial charge in [0, 0.05) is 46.1 Å². The van der Waals surface area contributed by atoms with Gasteiger partial charge in [-0.2, -0.15) is 0 Å². The van der Waals surface area contributed by atoms with E-state index in [1.165, 1.54) is 11.1 Å². The van der Waals surface area contributed by atoms with Crippen LogP contribution in [0.3, 0.4) is 0 Å². The predicted octanol–water partition coefficient (Wildman–Crippen LogP) is 1.90. The fourth-order valence-electron chi connectivity index (χ4n) is 3.18. The van der Waals surface area contributed by atoms with Crippen molar-refractivity contribution < 1.29 is 9.53 Å². The second-order valence-electron chi connectivity index (χ2n) is 6.18. The number of aromatic nitrogens is 1. The first-order valence-corrected chi connectivity index (χ1v) is 7.96. The summed E-state index contributed by atoms with van der Waals surface area (Å²) in [6.45, 7) is 4.97. The Bertz CT molecular complexity index is 506. The summed E-state index contributed by atoms with van der Waals surface area (Å²) in [5.41, 5.74) is 2.33. The Kier molecular flexibility index (Phi) is 5.91. The highest BCUT2D eigenvalue weighted by molar-refractivity contribution is 5.75. The van der Waals surface area contributed by atoms with Crippen molar-refractivity contribution in [1.82, 2.24) is 15.2 Å². The minimum Gasteiger partial charge on any atom is -0.377 e. The van der Waals surface area contributed by atoms with Gasteiger partial charge >= 0.3 is 0 Å². The molecular weight excluding hydrogens is 278 g/mol. The van der Waals surface area contributed by atoms with Gasteiger partial charge in [-0.1, -0.05) is 0 Å². The molecule has 1 aliphatic rings. The normalized spacial score (nSPS) is 22.5. The van der Waals surface area contributed by atoms with Crippen molar-refractivity contribution in [3.8, 4) is 0 Å². The second kappa shape index (κ2) is 7.70. The molecule has 0 spiro atoms. The summed E-state index contributed by atoms with van der Waals surface area (Å²) in [7, 11) is 3.45. The number of amides is 1. The molecule has 1 N–H and O–H groups in total. The van der Waals surface area contributed by atoms with Gasteiger partial charge in [-0.3, -0.25) is 14.7 Å². The fourth-order valence-corrected chi connectivity index (χ4v) is 3.18. The quantitative estimate of drug-likeness (QED) is 0.872. The number of nitrogens with one attached hydrogen (secondary N) is 1. The van der Waals surface area contributed by atoms with Gasteiger partial charge in [0.2, 0.25) is 5.91 Å². The van der Waals surface area contributed by atoms with Crippen molar-refractivity contribution >= 4 is 5.91 Å². The van der Waals surface area contributed by atoms with E-state index in [9.17, 15) is 4.79 Å². The fraction of sp³-hybridized carbons (Fsp3) is 0.647. The summed E-state index contributed by atoms with van der Waals surface area (Å²) >= 11 is 0. The molecule has 1 aliphatic heterocycles. The van der Waals surface area contributed by atoms with Crippen LogP contribution in [0, 0.1) is 6.92 Å². The van der Waals surface area contributed by atoms with Crippen LogP contribution in [-0.4, -0.2) is 48.6 Å². The number of likely N-dealkylation sites (tertiary alicyclic amines) is 1. The Morgan fingerprint density at radius 2 is 2.36 bits per heavy atom. The topological polar surface area (TPSA) is 54.5 Å². The smallest absolute Gasteiger partial charge is 0.219 e. The monoisotopic (exact) mass is 305 g/mol. The Labute approximate surface area is 133 Å². The van der Waals surface area contributed by atoms with Gasteiger partial charge in [0.25, 0.3) is 0 Å². The van der Waals surface area contributed by atoms with Crippen molar-refractivity contribution in [3.63, 3.8) is 0 Å².